The van der Waals surface area contributed by atoms with Crippen LogP contribution < -0.4 is 0 Å². The first-order chi connectivity index (χ1) is 37.4. The van der Waals surface area contributed by atoms with Crippen LogP contribution in [0.25, 0.3) is 0 Å². The lowest BCUT2D eigenvalue weighted by molar-refractivity contribution is 0.100. The quantitative estimate of drug-likeness (QED) is 0.0487. The van der Waals surface area contributed by atoms with Crippen molar-refractivity contribution in [2.75, 3.05) is 0 Å². The molecular formula is C54H57B4F4N7O8. The van der Waals surface area contributed by atoms with Crippen LogP contribution >= 0.6 is 0 Å². The van der Waals surface area contributed by atoms with Crippen LogP contribution in [0, 0.1) is 0 Å². The Morgan fingerprint density at radius 3 is 0.468 bits per heavy atom. The van der Waals surface area contributed by atoms with Gasteiger partial charge in [0.2, 0.25) is 0 Å². The van der Waals surface area contributed by atoms with Crippen LogP contribution in [0.5, 0.6) is 0 Å². The average Bonchev–Trinajstić information content (AvgIpc) is 3.50. The molecule has 10 aromatic rings. The highest BCUT2D eigenvalue weighted by molar-refractivity contribution is 6.34. The van der Waals surface area contributed by atoms with E-state index in [9.17, 15) is 22.3 Å². The Morgan fingerprint density at radius 1 is 0.247 bits per heavy atom. The number of halogens is 4. The second kappa shape index (κ2) is 50.9. The second-order valence-corrected chi connectivity index (χ2v) is 13.3. The zero-order chi connectivity index (χ0) is 56.6. The molecule has 0 aliphatic carbocycles. The molecule has 77 heavy (non-hydrogen) atoms. The van der Waals surface area contributed by atoms with E-state index in [0.29, 0.717) is 0 Å². The van der Waals surface area contributed by atoms with Crippen molar-refractivity contribution in [2.45, 2.75) is 5.60 Å². The summed E-state index contributed by atoms with van der Waals surface area (Å²) in [6.45, 7) is 0. The zero-order valence-corrected chi connectivity index (χ0v) is 41.4. The van der Waals surface area contributed by atoms with Crippen molar-refractivity contribution in [3.8, 4) is 0 Å². The molecule has 15 nitrogen and oxygen atoms in total. The molecule has 3 aromatic carbocycles. The Labute approximate surface area is 447 Å². The molecule has 23 heteroatoms. The predicted octanol–water partition coefficient (Wildman–Crippen LogP) is 8.29. The topological polar surface area (TPSA) is 241 Å². The lowest BCUT2D eigenvalue weighted by Crippen LogP contribution is -2.37. The Bertz CT molecular complexity index is 2010. The van der Waals surface area contributed by atoms with Crippen LogP contribution in [-0.4, -0.2) is 99.6 Å². The summed E-state index contributed by atoms with van der Waals surface area (Å²) in [6, 6.07) is 68.0. The first kappa shape index (κ1) is 68.4. The van der Waals surface area contributed by atoms with Crippen LogP contribution in [0.15, 0.2) is 305 Å². The summed E-state index contributed by atoms with van der Waals surface area (Å²) in [4.78, 5) is 26.5. The largest absolute Gasteiger partial charge is 0.678 e. The summed E-state index contributed by atoms with van der Waals surface area (Å²) in [5.74, 6) is 0. The fourth-order valence-electron chi connectivity index (χ4n) is 5.06. The van der Waals surface area contributed by atoms with E-state index in [-0.39, 0.29) is 0 Å². The van der Waals surface area contributed by atoms with Crippen molar-refractivity contribution in [3.05, 3.63) is 322 Å². The molecule has 0 saturated heterocycles. The summed E-state index contributed by atoms with van der Waals surface area (Å²) >= 11 is 0. The molecular weight excluding hydrogens is 994 g/mol. The fourth-order valence-corrected chi connectivity index (χ4v) is 5.06. The van der Waals surface area contributed by atoms with E-state index in [1.807, 2.05) is 218 Å². The van der Waals surface area contributed by atoms with Gasteiger partial charge in [-0.2, -0.15) is 0 Å². The molecule has 0 spiro atoms. The minimum absolute atomic E-state index is 0.745. The SMILES string of the molecule is OB(F)OC(c1ccccc1)(c1ccccc1)c1ccccc1.OB(O)F.OB(O)F.OB(O)F.c1ccncc1.c1ccncc1.c1ccncc1.c1ccncc1.c1ccncc1.c1ccncc1.c1ccncc1. The number of pyridine rings is 7. The molecule has 7 heterocycles. The monoisotopic (exact) mass is 1050 g/mol. The molecule has 0 atom stereocenters. The molecule has 0 radical (unpaired) electrons. The van der Waals surface area contributed by atoms with Crippen molar-refractivity contribution in [1.82, 2.24) is 34.9 Å². The second-order valence-electron chi connectivity index (χ2n) is 13.3. The van der Waals surface area contributed by atoms with Crippen molar-refractivity contribution in [1.29, 1.82) is 0 Å². The van der Waals surface area contributed by atoms with Crippen LogP contribution in [0.1, 0.15) is 16.7 Å². The minimum Gasteiger partial charge on any atom is -0.398 e. The van der Waals surface area contributed by atoms with Gasteiger partial charge >= 0.3 is 29.6 Å². The van der Waals surface area contributed by atoms with Crippen molar-refractivity contribution < 1.29 is 57.1 Å². The molecule has 10 rings (SSSR count). The maximum absolute atomic E-state index is 13.6. The smallest absolute Gasteiger partial charge is 0.398 e. The molecule has 0 bridgehead atoms. The van der Waals surface area contributed by atoms with Gasteiger partial charge in [-0.25, -0.2) is 0 Å². The van der Waals surface area contributed by atoms with Gasteiger partial charge in [-0.15, -0.1) is 0 Å². The lowest BCUT2D eigenvalue weighted by atomic mass is 9.79. The van der Waals surface area contributed by atoms with Crippen molar-refractivity contribution in [3.63, 3.8) is 0 Å². The van der Waals surface area contributed by atoms with Gasteiger partial charge in [0.25, 0.3) is 0 Å². The van der Waals surface area contributed by atoms with Gasteiger partial charge in [0, 0.05) is 86.8 Å². The minimum atomic E-state index is -2.67. The van der Waals surface area contributed by atoms with Crippen LogP contribution in [-0.2, 0) is 10.3 Å². The number of hydrogen-bond donors (Lipinski definition) is 7. The Balaban J connectivity index is 0.000000895. The van der Waals surface area contributed by atoms with Crippen LogP contribution in [0.2, 0.25) is 0 Å². The third-order valence-corrected chi connectivity index (χ3v) is 7.78. The molecule has 0 aliphatic rings. The summed E-state index contributed by atoms with van der Waals surface area (Å²) < 4.78 is 49.4. The van der Waals surface area contributed by atoms with Crippen molar-refractivity contribution in [2.24, 2.45) is 0 Å². The summed E-state index contributed by atoms with van der Waals surface area (Å²) in [5, 5.41) is 51.0. The number of aromatic nitrogens is 7. The van der Waals surface area contributed by atoms with Gasteiger partial charge in [0.1, 0.15) is 5.60 Å². The highest BCUT2D eigenvalue weighted by Crippen LogP contribution is 2.40. The van der Waals surface area contributed by atoms with Gasteiger partial charge in [0.05, 0.1) is 0 Å². The Hall–Kier alpha value is -8.63. The molecule has 0 amide bonds. The molecule has 0 unspecified atom stereocenters. The maximum atomic E-state index is 13.6. The molecule has 7 aromatic heterocycles. The predicted molar refractivity (Wildman–Crippen MR) is 293 cm³/mol. The molecule has 396 valence electrons. The number of hydrogen-bond acceptors (Lipinski definition) is 15. The molecule has 7 N–H and O–H groups in total. The normalized spacial score (nSPS) is 8.77. The number of benzene rings is 3. The molecule has 0 saturated carbocycles. The highest BCUT2D eigenvalue weighted by Gasteiger charge is 2.41. The van der Waals surface area contributed by atoms with Gasteiger partial charge in [0.15, 0.2) is 0 Å². The number of rotatable bonds is 5. The van der Waals surface area contributed by atoms with Gasteiger partial charge < -0.3 is 39.8 Å². The fraction of sp³-hybridized carbons (Fsp3) is 0.0185. The zero-order valence-electron chi connectivity index (χ0n) is 41.4. The van der Waals surface area contributed by atoms with E-state index in [1.54, 1.807) is 86.8 Å². The Morgan fingerprint density at radius 2 is 0.377 bits per heavy atom. The third-order valence-electron chi connectivity index (χ3n) is 7.78. The molecule has 0 aliphatic heterocycles. The van der Waals surface area contributed by atoms with E-state index >= 15 is 0 Å². The highest BCUT2D eigenvalue weighted by atomic mass is 19.1. The number of nitrogens with zero attached hydrogens (tertiary/aromatic N) is 7. The van der Waals surface area contributed by atoms with E-state index < -0.39 is 35.2 Å². The third kappa shape index (κ3) is 44.6. The summed E-state index contributed by atoms with van der Waals surface area (Å²) in [6.07, 6.45) is 24.5. The van der Waals surface area contributed by atoms with Gasteiger partial charge in [-0.3, -0.25) is 52.2 Å². The van der Waals surface area contributed by atoms with E-state index in [1.165, 1.54) is 0 Å². The lowest BCUT2D eigenvalue weighted by Gasteiger charge is -2.35. The summed E-state index contributed by atoms with van der Waals surface area (Å²) in [7, 11) is -10.4. The summed E-state index contributed by atoms with van der Waals surface area (Å²) in [5.41, 5.74) is 1.01. The van der Waals surface area contributed by atoms with E-state index in [2.05, 4.69) is 34.9 Å². The van der Waals surface area contributed by atoms with Crippen molar-refractivity contribution >= 4 is 29.6 Å². The standard InChI is InChI=1S/C19H16BFO2.7C5H5N.3BFH2O2/c21-20(22)23-19(16-10-4-1-5-11-16,17-12-6-2-7-13-17)18-14-8-3-9-15-18;7*1-2-4-6-5-3-1;3*2-1(3)4/h1-15,22H;7*1-5H;3*3-4H. The Kier molecular flexibility index (Phi) is 45.2. The van der Waals surface area contributed by atoms with Gasteiger partial charge in [-0.05, 0) is 102 Å². The maximum Gasteiger partial charge on any atom is 0.678 e. The first-order valence-electron chi connectivity index (χ1n) is 22.6. The molecule has 0 fully saturated rings. The van der Waals surface area contributed by atoms with Crippen LogP contribution in [0.3, 0.4) is 0 Å². The first-order valence-corrected chi connectivity index (χ1v) is 22.6. The van der Waals surface area contributed by atoms with Gasteiger partial charge in [-0.1, -0.05) is 133 Å². The van der Waals surface area contributed by atoms with Crippen LogP contribution in [0.4, 0.5) is 17.3 Å². The average molecular weight is 1050 g/mol. The van der Waals surface area contributed by atoms with E-state index in [4.69, 9.17) is 34.8 Å². The van der Waals surface area contributed by atoms with E-state index in [0.717, 1.165) is 16.7 Å².